The molecule has 34 heavy (non-hydrogen) atoms. The average Bonchev–Trinajstić information content (AvgIpc) is 3.24. The number of aromatic hydroxyl groups is 1. The first-order valence-corrected chi connectivity index (χ1v) is 11.2. The summed E-state index contributed by atoms with van der Waals surface area (Å²) in [5.74, 6) is 1.27. The first kappa shape index (κ1) is 21.9. The Morgan fingerprint density at radius 3 is 2.50 bits per heavy atom. The maximum absolute atomic E-state index is 13.0. The molecule has 8 nitrogen and oxygen atoms in total. The van der Waals surface area contributed by atoms with Crippen molar-refractivity contribution in [2.75, 3.05) is 14.2 Å². The number of benzene rings is 2. The highest BCUT2D eigenvalue weighted by Crippen LogP contribution is 2.40. The van der Waals surface area contributed by atoms with E-state index < -0.39 is 0 Å². The van der Waals surface area contributed by atoms with Crippen LogP contribution in [0.15, 0.2) is 42.5 Å². The number of para-hydroxylation sites is 1. The summed E-state index contributed by atoms with van der Waals surface area (Å²) >= 11 is 0. The Labute approximate surface area is 197 Å². The SMILES string of the molecule is COc1ccc(-c2c(C(C)C)nn3c4c(nnc23)C(=O)C[C@H](c2ccccc2O)C4)cc1OC. The Hall–Kier alpha value is -3.94. The van der Waals surface area contributed by atoms with Crippen molar-refractivity contribution in [3.05, 3.63) is 65.1 Å². The van der Waals surface area contributed by atoms with E-state index in [-0.39, 0.29) is 29.8 Å². The smallest absolute Gasteiger partial charge is 0.185 e. The van der Waals surface area contributed by atoms with Crippen LogP contribution in [0, 0.1) is 0 Å². The molecule has 0 radical (unpaired) electrons. The standard InChI is InChI=1S/C26H26N4O4/c1-14(2)24-23(15-9-10-21(33-3)22(13-15)34-4)26-28-27-25-18(30(26)29-24)11-16(12-20(25)32)17-7-5-6-8-19(17)31/h5-10,13-14,16,31H,11-12H2,1-4H3/t16-/m1/s1. The second-order valence-electron chi connectivity index (χ2n) is 8.80. The van der Waals surface area contributed by atoms with Crippen LogP contribution in [0.5, 0.6) is 17.2 Å². The first-order chi connectivity index (χ1) is 16.4. The molecule has 1 aliphatic rings. The van der Waals surface area contributed by atoms with Gasteiger partial charge in [-0.3, -0.25) is 4.79 Å². The first-order valence-electron chi connectivity index (χ1n) is 11.2. The van der Waals surface area contributed by atoms with Gasteiger partial charge in [0.05, 0.1) is 31.2 Å². The van der Waals surface area contributed by atoms with Gasteiger partial charge in [-0.25, -0.2) is 4.52 Å². The normalized spacial score (nSPS) is 15.6. The van der Waals surface area contributed by atoms with Crippen LogP contribution in [-0.2, 0) is 6.42 Å². The molecule has 0 saturated heterocycles. The molecular weight excluding hydrogens is 432 g/mol. The molecule has 0 fully saturated rings. The van der Waals surface area contributed by atoms with Gasteiger partial charge in [0.15, 0.2) is 28.6 Å². The molecule has 1 N–H and O–H groups in total. The number of rotatable bonds is 5. The molecule has 0 unspecified atom stereocenters. The van der Waals surface area contributed by atoms with Gasteiger partial charge in [0.1, 0.15) is 5.75 Å². The summed E-state index contributed by atoms with van der Waals surface area (Å²) in [7, 11) is 3.20. The van der Waals surface area contributed by atoms with Crippen molar-refractivity contribution >= 4 is 11.4 Å². The molecular formula is C26H26N4O4. The van der Waals surface area contributed by atoms with Gasteiger partial charge in [-0.2, -0.15) is 5.10 Å². The van der Waals surface area contributed by atoms with Crippen LogP contribution in [0.2, 0.25) is 0 Å². The quantitative estimate of drug-likeness (QED) is 0.468. The second-order valence-corrected chi connectivity index (χ2v) is 8.80. The highest BCUT2D eigenvalue weighted by molar-refractivity contribution is 5.97. The molecule has 0 amide bonds. The molecule has 5 rings (SSSR count). The third-order valence-electron chi connectivity index (χ3n) is 6.39. The molecule has 8 heteroatoms. The van der Waals surface area contributed by atoms with Crippen LogP contribution >= 0.6 is 0 Å². The largest absolute Gasteiger partial charge is 0.508 e. The van der Waals surface area contributed by atoms with Gasteiger partial charge in [0.25, 0.3) is 0 Å². The number of ether oxygens (including phenoxy) is 2. The number of phenols is 1. The van der Waals surface area contributed by atoms with E-state index in [4.69, 9.17) is 14.6 Å². The Morgan fingerprint density at radius 2 is 1.79 bits per heavy atom. The van der Waals surface area contributed by atoms with E-state index in [1.807, 2.05) is 30.3 Å². The predicted octanol–water partition coefficient (Wildman–Crippen LogP) is 4.55. The molecule has 2 aromatic carbocycles. The van der Waals surface area contributed by atoms with E-state index in [1.165, 1.54) is 0 Å². The van der Waals surface area contributed by atoms with E-state index in [2.05, 4.69) is 24.0 Å². The molecule has 174 valence electrons. The van der Waals surface area contributed by atoms with E-state index >= 15 is 0 Å². The van der Waals surface area contributed by atoms with Gasteiger partial charge in [-0.1, -0.05) is 38.1 Å². The van der Waals surface area contributed by atoms with Crippen molar-refractivity contribution in [2.45, 2.75) is 38.5 Å². The van der Waals surface area contributed by atoms with Crippen molar-refractivity contribution in [1.29, 1.82) is 0 Å². The zero-order valence-corrected chi connectivity index (χ0v) is 19.6. The lowest BCUT2D eigenvalue weighted by Crippen LogP contribution is -2.24. The van der Waals surface area contributed by atoms with Crippen LogP contribution < -0.4 is 9.47 Å². The molecule has 2 aromatic heterocycles. The Kier molecular flexibility index (Phi) is 5.43. The predicted molar refractivity (Wildman–Crippen MR) is 127 cm³/mol. The van der Waals surface area contributed by atoms with Crippen molar-refractivity contribution in [2.24, 2.45) is 0 Å². The summed E-state index contributed by atoms with van der Waals surface area (Å²) < 4.78 is 12.7. The molecule has 2 heterocycles. The minimum atomic E-state index is -0.162. The lowest BCUT2D eigenvalue weighted by Gasteiger charge is -2.23. The van der Waals surface area contributed by atoms with Crippen LogP contribution in [0.25, 0.3) is 16.8 Å². The third-order valence-corrected chi connectivity index (χ3v) is 6.39. The minimum Gasteiger partial charge on any atom is -0.508 e. The summed E-state index contributed by atoms with van der Waals surface area (Å²) in [4.78, 5) is 13.0. The number of methoxy groups -OCH3 is 2. The van der Waals surface area contributed by atoms with Gasteiger partial charge in [-0.05, 0) is 41.7 Å². The molecule has 1 aliphatic carbocycles. The Bertz CT molecular complexity index is 1410. The average molecular weight is 459 g/mol. The van der Waals surface area contributed by atoms with Crippen LogP contribution in [0.1, 0.15) is 59.5 Å². The number of aromatic nitrogens is 4. The van der Waals surface area contributed by atoms with Crippen molar-refractivity contribution in [3.63, 3.8) is 0 Å². The monoisotopic (exact) mass is 458 g/mol. The fraction of sp³-hybridized carbons (Fsp3) is 0.308. The zero-order valence-electron chi connectivity index (χ0n) is 19.6. The molecule has 0 aliphatic heterocycles. The number of phenolic OH excluding ortho intramolecular Hbond substituents is 1. The molecule has 4 aromatic rings. The van der Waals surface area contributed by atoms with E-state index in [1.54, 1.807) is 30.9 Å². The number of hydrogen-bond donors (Lipinski definition) is 1. The number of Topliss-reactive ketones (excluding diaryl/α,β-unsaturated/α-hetero) is 1. The zero-order chi connectivity index (χ0) is 24.0. The van der Waals surface area contributed by atoms with Gasteiger partial charge >= 0.3 is 0 Å². The number of carbonyl (C=O) groups is 1. The maximum Gasteiger partial charge on any atom is 0.185 e. The minimum absolute atomic E-state index is 0.0989. The number of fused-ring (bicyclic) bond motifs is 3. The van der Waals surface area contributed by atoms with Gasteiger partial charge in [-0.15, -0.1) is 10.2 Å². The van der Waals surface area contributed by atoms with E-state index in [0.29, 0.717) is 35.0 Å². The summed E-state index contributed by atoms with van der Waals surface area (Å²) in [5, 5.41) is 24.1. The number of hydrogen-bond acceptors (Lipinski definition) is 7. The third kappa shape index (κ3) is 3.46. The van der Waals surface area contributed by atoms with Gasteiger partial charge in [0.2, 0.25) is 0 Å². The fourth-order valence-corrected chi connectivity index (χ4v) is 4.71. The lowest BCUT2D eigenvalue weighted by molar-refractivity contribution is 0.0955. The number of ketones is 1. The lowest BCUT2D eigenvalue weighted by atomic mass is 9.83. The summed E-state index contributed by atoms with van der Waals surface area (Å²) in [5.41, 5.74) is 4.97. The second kappa shape index (κ2) is 8.44. The molecule has 0 bridgehead atoms. The number of carbonyl (C=O) groups excluding carboxylic acids is 1. The highest BCUT2D eigenvalue weighted by Gasteiger charge is 2.33. The van der Waals surface area contributed by atoms with Gasteiger partial charge in [0, 0.05) is 12.3 Å². The summed E-state index contributed by atoms with van der Waals surface area (Å²) in [6.45, 7) is 4.14. The van der Waals surface area contributed by atoms with Crippen LogP contribution in [-0.4, -0.2) is 44.9 Å². The summed E-state index contributed by atoms with van der Waals surface area (Å²) in [6, 6.07) is 12.9. The highest BCUT2D eigenvalue weighted by atomic mass is 16.5. The van der Waals surface area contributed by atoms with Crippen molar-refractivity contribution in [1.82, 2.24) is 19.8 Å². The van der Waals surface area contributed by atoms with Crippen LogP contribution in [0.4, 0.5) is 0 Å². The summed E-state index contributed by atoms with van der Waals surface area (Å²) in [6.07, 6.45) is 0.793. The van der Waals surface area contributed by atoms with Crippen molar-refractivity contribution in [3.8, 4) is 28.4 Å². The van der Waals surface area contributed by atoms with Gasteiger partial charge < -0.3 is 14.6 Å². The Balaban J connectivity index is 1.71. The van der Waals surface area contributed by atoms with E-state index in [9.17, 15) is 9.90 Å². The van der Waals surface area contributed by atoms with Crippen molar-refractivity contribution < 1.29 is 19.4 Å². The van der Waals surface area contributed by atoms with Crippen LogP contribution in [0.3, 0.4) is 0 Å². The maximum atomic E-state index is 13.0. The molecule has 1 atom stereocenters. The van der Waals surface area contributed by atoms with E-state index in [0.717, 1.165) is 22.4 Å². The Morgan fingerprint density at radius 1 is 1.03 bits per heavy atom. The number of nitrogens with zero attached hydrogens (tertiary/aromatic N) is 4. The molecule has 0 saturated carbocycles. The molecule has 0 spiro atoms. The topological polar surface area (TPSA) is 98.8 Å². The fourth-order valence-electron chi connectivity index (χ4n) is 4.71.